The van der Waals surface area contributed by atoms with Gasteiger partial charge >= 0.3 is 0 Å². The molecule has 0 saturated heterocycles. The lowest BCUT2D eigenvalue weighted by Crippen LogP contribution is -2.28. The molecule has 2 heterocycles. The van der Waals surface area contributed by atoms with Gasteiger partial charge in [-0.15, -0.1) is 0 Å². The predicted octanol–water partition coefficient (Wildman–Crippen LogP) is 2.95. The van der Waals surface area contributed by atoms with E-state index in [0.717, 1.165) is 24.2 Å². The standard InChI is InChI=1S/C13H11NOS/c15-13(11-6-8-16-9-11)14-7-5-10-3-1-2-4-12(10)14/h1-4,6,8-9H,5,7H2. The van der Waals surface area contributed by atoms with Crippen molar-refractivity contribution in [3.8, 4) is 0 Å². The Kier molecular flexibility index (Phi) is 2.26. The van der Waals surface area contributed by atoms with Gasteiger partial charge in [-0.2, -0.15) is 11.3 Å². The third-order valence-corrected chi connectivity index (χ3v) is 3.58. The molecule has 3 rings (SSSR count). The molecular formula is C13H11NOS. The molecule has 80 valence electrons. The summed E-state index contributed by atoms with van der Waals surface area (Å²) >= 11 is 1.56. The number of anilines is 1. The average molecular weight is 229 g/mol. The van der Waals surface area contributed by atoms with Crippen molar-refractivity contribution in [1.29, 1.82) is 0 Å². The Morgan fingerprint density at radius 2 is 2.12 bits per heavy atom. The number of fused-ring (bicyclic) bond motifs is 1. The zero-order valence-electron chi connectivity index (χ0n) is 8.72. The van der Waals surface area contributed by atoms with Crippen molar-refractivity contribution in [2.75, 3.05) is 11.4 Å². The number of amides is 1. The quantitative estimate of drug-likeness (QED) is 0.736. The van der Waals surface area contributed by atoms with Crippen molar-refractivity contribution in [3.63, 3.8) is 0 Å². The second-order valence-electron chi connectivity index (χ2n) is 3.85. The van der Waals surface area contributed by atoms with Crippen LogP contribution >= 0.6 is 11.3 Å². The van der Waals surface area contributed by atoms with Crippen LogP contribution in [0, 0.1) is 0 Å². The highest BCUT2D eigenvalue weighted by molar-refractivity contribution is 7.08. The van der Waals surface area contributed by atoms with Gasteiger partial charge in [0.2, 0.25) is 0 Å². The normalized spacial score (nSPS) is 13.9. The van der Waals surface area contributed by atoms with Crippen LogP contribution in [0.25, 0.3) is 0 Å². The van der Waals surface area contributed by atoms with E-state index in [9.17, 15) is 4.79 Å². The van der Waals surface area contributed by atoms with Crippen LogP contribution in [0.5, 0.6) is 0 Å². The monoisotopic (exact) mass is 229 g/mol. The van der Waals surface area contributed by atoms with Crippen molar-refractivity contribution >= 4 is 22.9 Å². The van der Waals surface area contributed by atoms with Crippen LogP contribution in [0.4, 0.5) is 5.69 Å². The van der Waals surface area contributed by atoms with Crippen LogP contribution in [0.15, 0.2) is 41.1 Å². The molecule has 1 aliphatic rings. The Labute approximate surface area is 98.1 Å². The van der Waals surface area contributed by atoms with E-state index in [0.29, 0.717) is 0 Å². The maximum absolute atomic E-state index is 12.2. The minimum atomic E-state index is 0.117. The Hall–Kier alpha value is -1.61. The van der Waals surface area contributed by atoms with Crippen LogP contribution in [-0.4, -0.2) is 12.5 Å². The van der Waals surface area contributed by atoms with Crippen LogP contribution in [0.2, 0.25) is 0 Å². The molecule has 0 spiro atoms. The highest BCUT2D eigenvalue weighted by atomic mass is 32.1. The molecule has 2 aromatic rings. The molecule has 0 N–H and O–H groups in total. The number of rotatable bonds is 1. The number of carbonyl (C=O) groups is 1. The SMILES string of the molecule is O=C(c1ccsc1)N1CCc2ccccc21. The maximum Gasteiger partial charge on any atom is 0.259 e. The first-order valence-electron chi connectivity index (χ1n) is 5.28. The highest BCUT2D eigenvalue weighted by Crippen LogP contribution is 2.29. The van der Waals surface area contributed by atoms with Gasteiger partial charge in [-0.05, 0) is 29.5 Å². The first kappa shape index (κ1) is 9.60. The molecule has 0 saturated carbocycles. The fourth-order valence-electron chi connectivity index (χ4n) is 2.09. The fraction of sp³-hybridized carbons (Fsp3) is 0.154. The fourth-order valence-corrected chi connectivity index (χ4v) is 2.72. The van der Waals surface area contributed by atoms with Crippen LogP contribution in [0.1, 0.15) is 15.9 Å². The summed E-state index contributed by atoms with van der Waals surface area (Å²) in [5.74, 6) is 0.117. The lowest BCUT2D eigenvalue weighted by molar-refractivity contribution is 0.0990. The summed E-state index contributed by atoms with van der Waals surface area (Å²) in [4.78, 5) is 14.1. The van der Waals surface area contributed by atoms with Gasteiger partial charge in [0, 0.05) is 17.6 Å². The molecule has 1 aromatic carbocycles. The van der Waals surface area contributed by atoms with E-state index in [1.54, 1.807) is 11.3 Å². The van der Waals surface area contributed by atoms with E-state index < -0.39 is 0 Å². The molecule has 1 aromatic heterocycles. The van der Waals surface area contributed by atoms with Crippen molar-refractivity contribution in [3.05, 3.63) is 52.2 Å². The molecular weight excluding hydrogens is 218 g/mol. The van der Waals surface area contributed by atoms with E-state index in [4.69, 9.17) is 0 Å². The number of carbonyl (C=O) groups excluding carboxylic acids is 1. The van der Waals surface area contributed by atoms with Gasteiger partial charge in [0.1, 0.15) is 0 Å². The number of hydrogen-bond donors (Lipinski definition) is 0. The Morgan fingerprint density at radius 1 is 1.25 bits per heavy atom. The highest BCUT2D eigenvalue weighted by Gasteiger charge is 2.24. The summed E-state index contributed by atoms with van der Waals surface area (Å²) in [5.41, 5.74) is 3.13. The van der Waals surface area contributed by atoms with E-state index in [2.05, 4.69) is 6.07 Å². The largest absolute Gasteiger partial charge is 0.308 e. The van der Waals surface area contributed by atoms with Gasteiger partial charge in [-0.3, -0.25) is 4.79 Å². The van der Waals surface area contributed by atoms with Gasteiger partial charge in [-0.1, -0.05) is 18.2 Å². The summed E-state index contributed by atoms with van der Waals surface area (Å²) in [7, 11) is 0. The molecule has 2 nitrogen and oxygen atoms in total. The smallest absolute Gasteiger partial charge is 0.259 e. The molecule has 0 fully saturated rings. The Bertz CT molecular complexity index is 518. The zero-order chi connectivity index (χ0) is 11.0. The van der Waals surface area contributed by atoms with Crippen LogP contribution in [0.3, 0.4) is 0 Å². The number of thiophene rings is 1. The average Bonchev–Trinajstić information content (AvgIpc) is 2.98. The third kappa shape index (κ3) is 1.44. The molecule has 16 heavy (non-hydrogen) atoms. The molecule has 0 unspecified atom stereocenters. The van der Waals surface area contributed by atoms with E-state index in [1.807, 2.05) is 39.9 Å². The Morgan fingerprint density at radius 3 is 2.94 bits per heavy atom. The summed E-state index contributed by atoms with van der Waals surface area (Å²) in [6, 6.07) is 10.0. The molecule has 1 aliphatic heterocycles. The van der Waals surface area contributed by atoms with Gasteiger partial charge in [0.15, 0.2) is 0 Å². The molecule has 3 heteroatoms. The topological polar surface area (TPSA) is 20.3 Å². The third-order valence-electron chi connectivity index (χ3n) is 2.90. The Balaban J connectivity index is 1.96. The summed E-state index contributed by atoms with van der Waals surface area (Å²) in [6.07, 6.45) is 0.964. The molecule has 0 bridgehead atoms. The van der Waals surface area contributed by atoms with Crippen molar-refractivity contribution in [2.45, 2.75) is 6.42 Å². The summed E-state index contributed by atoms with van der Waals surface area (Å²) in [6.45, 7) is 0.800. The molecule has 0 aliphatic carbocycles. The number of para-hydroxylation sites is 1. The number of benzene rings is 1. The zero-order valence-corrected chi connectivity index (χ0v) is 9.54. The van der Waals surface area contributed by atoms with E-state index >= 15 is 0 Å². The summed E-state index contributed by atoms with van der Waals surface area (Å²) in [5, 5.41) is 3.85. The minimum absolute atomic E-state index is 0.117. The van der Waals surface area contributed by atoms with Crippen molar-refractivity contribution in [1.82, 2.24) is 0 Å². The van der Waals surface area contributed by atoms with Crippen LogP contribution < -0.4 is 4.90 Å². The van der Waals surface area contributed by atoms with Gasteiger partial charge < -0.3 is 4.90 Å². The maximum atomic E-state index is 12.2. The predicted molar refractivity (Wildman–Crippen MR) is 66.1 cm³/mol. The lowest BCUT2D eigenvalue weighted by atomic mass is 10.2. The molecule has 0 atom stereocenters. The van der Waals surface area contributed by atoms with Gasteiger partial charge in [0.25, 0.3) is 5.91 Å². The van der Waals surface area contributed by atoms with E-state index in [-0.39, 0.29) is 5.91 Å². The first-order valence-corrected chi connectivity index (χ1v) is 6.22. The van der Waals surface area contributed by atoms with Crippen LogP contribution in [-0.2, 0) is 6.42 Å². The first-order chi connectivity index (χ1) is 7.86. The van der Waals surface area contributed by atoms with Crippen molar-refractivity contribution < 1.29 is 4.79 Å². The second-order valence-corrected chi connectivity index (χ2v) is 4.63. The minimum Gasteiger partial charge on any atom is -0.308 e. The van der Waals surface area contributed by atoms with Crippen molar-refractivity contribution in [2.24, 2.45) is 0 Å². The number of nitrogens with zero attached hydrogens (tertiary/aromatic N) is 1. The second kappa shape index (κ2) is 3.76. The molecule has 0 radical (unpaired) electrons. The number of hydrogen-bond acceptors (Lipinski definition) is 2. The van der Waals surface area contributed by atoms with E-state index in [1.165, 1.54) is 5.56 Å². The van der Waals surface area contributed by atoms with Gasteiger partial charge in [-0.25, -0.2) is 0 Å². The molecule has 1 amide bonds. The van der Waals surface area contributed by atoms with Gasteiger partial charge in [0.05, 0.1) is 5.56 Å². The summed E-state index contributed by atoms with van der Waals surface area (Å²) < 4.78 is 0. The lowest BCUT2D eigenvalue weighted by Gasteiger charge is -2.16.